The number of thiazole rings is 1. The van der Waals surface area contributed by atoms with E-state index in [1.54, 1.807) is 18.5 Å². The van der Waals surface area contributed by atoms with Gasteiger partial charge in [-0.3, -0.25) is 0 Å². The lowest BCUT2D eigenvalue weighted by atomic mass is 10.1. The summed E-state index contributed by atoms with van der Waals surface area (Å²) in [5.74, 6) is 0.411. The molecular formula is C19H15FN4OS. The Hall–Kier alpha value is -3.06. The Morgan fingerprint density at radius 3 is 3.04 bits per heavy atom. The molecule has 26 heavy (non-hydrogen) atoms. The first-order chi connectivity index (χ1) is 12.7. The van der Waals surface area contributed by atoms with Crippen molar-refractivity contribution in [3.05, 3.63) is 64.4 Å². The van der Waals surface area contributed by atoms with Crippen molar-refractivity contribution in [3.8, 4) is 5.88 Å². The molecule has 1 aliphatic rings. The molecule has 0 saturated carbocycles. The Kier molecular flexibility index (Phi) is 4.45. The van der Waals surface area contributed by atoms with Crippen LogP contribution in [-0.4, -0.2) is 27.8 Å². The van der Waals surface area contributed by atoms with Gasteiger partial charge in [0.1, 0.15) is 5.82 Å². The van der Waals surface area contributed by atoms with Gasteiger partial charge in [-0.1, -0.05) is 23.5 Å². The Balaban J connectivity index is 1.45. The number of allylic oxidation sites excluding steroid dienone is 1. The first-order valence-electron chi connectivity index (χ1n) is 8.08. The molecule has 0 fully saturated rings. The van der Waals surface area contributed by atoms with Crippen molar-refractivity contribution in [3.63, 3.8) is 0 Å². The van der Waals surface area contributed by atoms with Crippen molar-refractivity contribution < 1.29 is 9.50 Å². The van der Waals surface area contributed by atoms with E-state index in [9.17, 15) is 9.50 Å². The van der Waals surface area contributed by atoms with E-state index < -0.39 is 0 Å². The van der Waals surface area contributed by atoms with Gasteiger partial charge in [0.25, 0.3) is 0 Å². The molecule has 3 heterocycles. The van der Waals surface area contributed by atoms with Crippen LogP contribution in [-0.2, 0) is 6.42 Å². The predicted molar refractivity (Wildman–Crippen MR) is 103 cm³/mol. The van der Waals surface area contributed by atoms with Crippen molar-refractivity contribution in [1.82, 2.24) is 9.97 Å². The van der Waals surface area contributed by atoms with Gasteiger partial charge in [-0.25, -0.2) is 14.4 Å². The zero-order valence-electron chi connectivity index (χ0n) is 13.7. The summed E-state index contributed by atoms with van der Waals surface area (Å²) in [6.45, 7) is 0.598. The highest BCUT2D eigenvalue weighted by Gasteiger charge is 2.15. The fourth-order valence-corrected chi connectivity index (χ4v) is 3.52. The van der Waals surface area contributed by atoms with E-state index in [2.05, 4.69) is 20.3 Å². The van der Waals surface area contributed by atoms with Crippen molar-refractivity contribution in [2.75, 3.05) is 11.9 Å². The maximum absolute atomic E-state index is 13.2. The Bertz CT molecular complexity index is 1010. The number of anilines is 1. The SMILES string of the molecule is Oc1nc(NCCc2cccc(F)c2)sc1C=C1C=Nc2ncccc21. The topological polar surface area (TPSA) is 70.4 Å². The molecular weight excluding hydrogens is 351 g/mol. The summed E-state index contributed by atoms with van der Waals surface area (Å²) in [6, 6.07) is 10.3. The predicted octanol–water partition coefficient (Wildman–Crippen LogP) is 4.29. The van der Waals surface area contributed by atoms with E-state index in [4.69, 9.17) is 0 Å². The fraction of sp³-hybridized carbons (Fsp3) is 0.105. The van der Waals surface area contributed by atoms with E-state index in [-0.39, 0.29) is 11.7 Å². The minimum atomic E-state index is -0.240. The lowest BCUT2D eigenvalue weighted by Gasteiger charge is -2.02. The Morgan fingerprint density at radius 2 is 2.15 bits per heavy atom. The minimum absolute atomic E-state index is 0.0264. The molecule has 0 bridgehead atoms. The molecule has 2 N–H and O–H groups in total. The van der Waals surface area contributed by atoms with E-state index in [1.165, 1.54) is 23.5 Å². The summed E-state index contributed by atoms with van der Waals surface area (Å²) in [7, 11) is 0. The van der Waals surface area contributed by atoms with Gasteiger partial charge in [-0.15, -0.1) is 0 Å². The third-order valence-corrected chi connectivity index (χ3v) is 4.87. The molecule has 0 spiro atoms. The number of nitrogens with one attached hydrogen (secondary N) is 1. The van der Waals surface area contributed by atoms with Crippen molar-refractivity contribution in [1.29, 1.82) is 0 Å². The first kappa shape index (κ1) is 16.4. The van der Waals surface area contributed by atoms with Crippen LogP contribution in [0, 0.1) is 5.82 Å². The smallest absolute Gasteiger partial charge is 0.231 e. The zero-order chi connectivity index (χ0) is 17.9. The molecule has 0 saturated heterocycles. The summed E-state index contributed by atoms with van der Waals surface area (Å²) in [5, 5.41) is 13.9. The average Bonchev–Trinajstić information content (AvgIpc) is 3.19. The van der Waals surface area contributed by atoms with Crippen LogP contribution in [0.5, 0.6) is 5.88 Å². The molecule has 3 aromatic rings. The molecule has 0 atom stereocenters. The van der Waals surface area contributed by atoms with Crippen LogP contribution in [0.1, 0.15) is 16.0 Å². The van der Waals surface area contributed by atoms with Gasteiger partial charge < -0.3 is 10.4 Å². The van der Waals surface area contributed by atoms with Gasteiger partial charge >= 0.3 is 0 Å². The zero-order valence-corrected chi connectivity index (χ0v) is 14.5. The number of hydrogen-bond acceptors (Lipinski definition) is 6. The number of hydrogen-bond donors (Lipinski definition) is 2. The number of halogens is 1. The highest BCUT2D eigenvalue weighted by molar-refractivity contribution is 7.16. The summed E-state index contributed by atoms with van der Waals surface area (Å²) >= 11 is 1.35. The quantitative estimate of drug-likeness (QED) is 0.706. The highest BCUT2D eigenvalue weighted by atomic mass is 32.1. The number of aliphatic imine (C=N–C) groups is 1. The number of aromatic hydroxyl groups is 1. The number of nitrogens with zero attached hydrogens (tertiary/aromatic N) is 3. The molecule has 2 aromatic heterocycles. The van der Waals surface area contributed by atoms with Gasteiger partial charge in [-0.2, -0.15) is 4.98 Å². The summed E-state index contributed by atoms with van der Waals surface area (Å²) in [5.41, 5.74) is 2.73. The molecule has 5 nitrogen and oxygen atoms in total. The lowest BCUT2D eigenvalue weighted by molar-refractivity contribution is 0.457. The number of aromatic nitrogens is 2. The fourth-order valence-electron chi connectivity index (χ4n) is 2.68. The monoisotopic (exact) mass is 366 g/mol. The highest BCUT2D eigenvalue weighted by Crippen LogP contribution is 2.35. The third kappa shape index (κ3) is 3.48. The molecule has 7 heteroatoms. The van der Waals surface area contributed by atoms with Crippen LogP contribution in [0.25, 0.3) is 11.6 Å². The van der Waals surface area contributed by atoms with Gasteiger partial charge in [0, 0.05) is 30.1 Å². The maximum Gasteiger partial charge on any atom is 0.231 e. The van der Waals surface area contributed by atoms with E-state index in [0.29, 0.717) is 28.8 Å². The second-order valence-corrected chi connectivity index (χ2v) is 6.78. The minimum Gasteiger partial charge on any atom is -0.492 e. The van der Waals surface area contributed by atoms with Crippen LogP contribution >= 0.6 is 11.3 Å². The molecule has 0 amide bonds. The van der Waals surface area contributed by atoms with Gasteiger partial charge in [0.15, 0.2) is 10.9 Å². The molecule has 0 aliphatic carbocycles. The second kappa shape index (κ2) is 7.05. The second-order valence-electron chi connectivity index (χ2n) is 5.75. The van der Waals surface area contributed by atoms with E-state index in [0.717, 1.165) is 16.7 Å². The molecule has 1 aromatic carbocycles. The number of pyridine rings is 1. The average molecular weight is 366 g/mol. The molecule has 1 aliphatic heterocycles. The lowest BCUT2D eigenvalue weighted by Crippen LogP contribution is -2.04. The normalized spacial score (nSPS) is 14.0. The van der Waals surface area contributed by atoms with Crippen LogP contribution in [0.3, 0.4) is 0 Å². The molecule has 0 unspecified atom stereocenters. The maximum atomic E-state index is 13.2. The van der Waals surface area contributed by atoms with Gasteiger partial charge in [0.05, 0.1) is 4.88 Å². The van der Waals surface area contributed by atoms with Crippen molar-refractivity contribution in [2.24, 2.45) is 4.99 Å². The number of rotatable bonds is 5. The van der Waals surface area contributed by atoms with Crippen molar-refractivity contribution >= 4 is 40.1 Å². The summed E-state index contributed by atoms with van der Waals surface area (Å²) in [4.78, 5) is 13.2. The number of fused-ring (bicyclic) bond motifs is 1. The first-order valence-corrected chi connectivity index (χ1v) is 8.90. The number of benzene rings is 1. The van der Waals surface area contributed by atoms with Crippen molar-refractivity contribution in [2.45, 2.75) is 6.42 Å². The Labute approximate surface area is 153 Å². The molecule has 130 valence electrons. The van der Waals surface area contributed by atoms with Crippen LogP contribution in [0.4, 0.5) is 15.3 Å². The standard InChI is InChI=1S/C19H15FN4OS/c20-14-4-1-3-12(9-14)6-8-22-19-24-18(25)16(26-19)10-13-11-23-17-15(13)5-2-7-21-17/h1-5,7,9-11,25H,6,8H2,(H,22,24). The van der Waals surface area contributed by atoms with Crippen LogP contribution < -0.4 is 5.32 Å². The Morgan fingerprint density at radius 1 is 1.23 bits per heavy atom. The molecule has 4 rings (SSSR count). The third-order valence-electron chi connectivity index (χ3n) is 3.92. The summed E-state index contributed by atoms with van der Waals surface area (Å²) in [6.07, 6.45) is 5.94. The summed E-state index contributed by atoms with van der Waals surface area (Å²) < 4.78 is 13.2. The molecule has 0 radical (unpaired) electrons. The van der Waals surface area contributed by atoms with Gasteiger partial charge in [-0.05, 0) is 42.3 Å². The largest absolute Gasteiger partial charge is 0.492 e. The van der Waals surface area contributed by atoms with Gasteiger partial charge in [0.2, 0.25) is 5.88 Å². The van der Waals surface area contributed by atoms with Crippen LogP contribution in [0.15, 0.2) is 47.6 Å². The van der Waals surface area contributed by atoms with Crippen LogP contribution in [0.2, 0.25) is 0 Å². The van der Waals surface area contributed by atoms with E-state index >= 15 is 0 Å². The van der Waals surface area contributed by atoms with E-state index in [1.807, 2.05) is 24.3 Å².